The van der Waals surface area contributed by atoms with E-state index in [-0.39, 0.29) is 29.8 Å². The molecule has 0 bridgehead atoms. The van der Waals surface area contributed by atoms with Crippen LogP contribution in [-0.2, 0) is 48.1 Å². The highest BCUT2D eigenvalue weighted by molar-refractivity contribution is 5.88. The first-order valence-corrected chi connectivity index (χ1v) is 26.8. The Balaban J connectivity index is 1.21. The number of halogens is 10. The van der Waals surface area contributed by atoms with Crippen molar-refractivity contribution in [1.29, 1.82) is 0 Å². The van der Waals surface area contributed by atoms with E-state index in [1.807, 2.05) is 17.4 Å². The molecular weight excluding hydrogens is 1100 g/mol. The second-order valence-corrected chi connectivity index (χ2v) is 22.6. The number of aromatic nitrogens is 3. The minimum Gasteiger partial charge on any atom is -0.462 e. The minimum absolute atomic E-state index is 0.130. The second kappa shape index (κ2) is 25.6. The first kappa shape index (κ1) is 63.2. The zero-order valence-electron chi connectivity index (χ0n) is 46.3. The van der Waals surface area contributed by atoms with Gasteiger partial charge in [-0.3, -0.25) is 29.4 Å². The van der Waals surface area contributed by atoms with Gasteiger partial charge in [-0.1, -0.05) is 38.1 Å². The van der Waals surface area contributed by atoms with E-state index in [1.54, 1.807) is 30.5 Å². The third-order valence-corrected chi connectivity index (χ3v) is 15.7. The van der Waals surface area contributed by atoms with Crippen molar-refractivity contribution >= 4 is 29.6 Å². The Morgan fingerprint density at radius 2 is 1.48 bits per heavy atom. The van der Waals surface area contributed by atoms with Crippen LogP contribution in [0.4, 0.5) is 54.5 Å². The first-order valence-electron chi connectivity index (χ1n) is 26.8. The number of alkyl carbamates (subject to hydrolysis) is 1. The van der Waals surface area contributed by atoms with Gasteiger partial charge in [-0.2, -0.15) is 31.4 Å². The maximum atomic E-state index is 16.2. The number of piperazine rings is 1. The van der Waals surface area contributed by atoms with Gasteiger partial charge < -0.3 is 29.5 Å². The van der Waals surface area contributed by atoms with Gasteiger partial charge in [0.25, 0.3) is 6.43 Å². The fourth-order valence-corrected chi connectivity index (χ4v) is 10.1. The van der Waals surface area contributed by atoms with E-state index in [4.69, 9.17) is 14.5 Å². The van der Waals surface area contributed by atoms with Crippen LogP contribution in [0.15, 0.2) is 67.0 Å². The summed E-state index contributed by atoms with van der Waals surface area (Å²) in [7, 11) is 0.857. The summed E-state index contributed by atoms with van der Waals surface area (Å²) in [4.78, 5) is 63.6. The number of ketones is 1. The van der Waals surface area contributed by atoms with E-state index in [1.165, 1.54) is 6.07 Å². The molecule has 4 heterocycles. The molecule has 450 valence electrons. The average molecular weight is 1170 g/mol. The maximum absolute atomic E-state index is 16.2. The van der Waals surface area contributed by atoms with E-state index in [2.05, 4.69) is 38.9 Å². The summed E-state index contributed by atoms with van der Waals surface area (Å²) in [5.41, 5.74) is -3.19. The summed E-state index contributed by atoms with van der Waals surface area (Å²) in [5, 5.41) is 18.8. The number of pyridine rings is 1. The standard InChI is InChI=1S/C56H68F10N8O8/c1-31-25-74(32(2)24-73(31)38-29-81-30-38)48-15-12-35(23-67-48)34-10-8-33(9-11-34)18-37(21-45(75)50(68-52(79)80-7)54(5,6)56(64,65)66)46(76)27-72(70-51(78)41(53(3,4)55(61,62)63)22-49(77)82-39-13-14-39)26-40-42(57)19-36(20-43(40)58)44-16-17-71(69-44)28-47(59)60/h8-12,15-17,19-20,23,31-32,37-39,41,46-47,50,76H,13-14,18,21-22,24-30H2,1-7H3,(H,68,79)(H,70,78)/t31-,32-,37-,41-,46+,50-/m1/s1. The predicted molar refractivity (Wildman–Crippen MR) is 278 cm³/mol. The van der Waals surface area contributed by atoms with E-state index >= 15 is 8.78 Å². The van der Waals surface area contributed by atoms with Crippen molar-refractivity contribution in [1.82, 2.24) is 35.4 Å². The quantitative estimate of drug-likeness (QED) is 0.0344. The van der Waals surface area contributed by atoms with Crippen LogP contribution in [0.2, 0.25) is 0 Å². The van der Waals surface area contributed by atoms with Gasteiger partial charge >= 0.3 is 24.4 Å². The van der Waals surface area contributed by atoms with Gasteiger partial charge in [-0.25, -0.2) is 32.3 Å². The minimum atomic E-state index is -5.14. The molecule has 3 aliphatic rings. The number of esters is 1. The zero-order valence-corrected chi connectivity index (χ0v) is 46.3. The topological polar surface area (TPSA) is 181 Å². The molecule has 0 spiro atoms. The number of benzene rings is 2. The van der Waals surface area contributed by atoms with E-state index < -0.39 is 133 Å². The molecule has 1 saturated carbocycles. The number of aliphatic hydroxyl groups is 1. The van der Waals surface area contributed by atoms with Crippen LogP contribution < -0.4 is 15.6 Å². The normalized spacial score (nSPS) is 19.1. The fraction of sp³-hybridized carbons (Fsp3) is 0.571. The Morgan fingerprint density at radius 1 is 0.841 bits per heavy atom. The number of aliphatic hydroxyl groups excluding tert-OH is 1. The number of methoxy groups -OCH3 is 1. The highest BCUT2D eigenvalue weighted by atomic mass is 19.4. The first-order chi connectivity index (χ1) is 38.4. The third kappa shape index (κ3) is 15.2. The molecule has 0 unspecified atom stereocenters. The molecule has 1 aliphatic carbocycles. The lowest BCUT2D eigenvalue weighted by Crippen LogP contribution is -2.63. The van der Waals surface area contributed by atoms with Crippen LogP contribution in [0.1, 0.15) is 78.4 Å². The molecule has 16 nitrogen and oxygen atoms in total. The lowest BCUT2D eigenvalue weighted by Gasteiger charge is -2.49. The van der Waals surface area contributed by atoms with Crippen molar-refractivity contribution in [3.63, 3.8) is 0 Å². The Morgan fingerprint density at radius 3 is 2.02 bits per heavy atom. The summed E-state index contributed by atoms with van der Waals surface area (Å²) in [6, 6.07) is 11.6. The van der Waals surface area contributed by atoms with E-state index in [0.717, 1.165) is 49.0 Å². The molecule has 2 amide bonds. The lowest BCUT2D eigenvalue weighted by atomic mass is 9.75. The van der Waals surface area contributed by atoms with Crippen molar-refractivity contribution in [2.45, 2.75) is 142 Å². The number of ether oxygens (including phenoxy) is 3. The van der Waals surface area contributed by atoms with Crippen LogP contribution in [-0.4, -0.2) is 149 Å². The Labute approximate surface area is 467 Å². The number of nitrogens with zero attached hydrogens (tertiary/aromatic N) is 6. The molecule has 7 rings (SSSR count). The Kier molecular flexibility index (Phi) is 19.8. The number of carbonyl (C=O) groups excluding carboxylic acids is 4. The summed E-state index contributed by atoms with van der Waals surface area (Å²) < 4.78 is 163. The third-order valence-electron chi connectivity index (χ3n) is 15.7. The van der Waals surface area contributed by atoms with Gasteiger partial charge in [0.2, 0.25) is 5.91 Å². The number of amides is 2. The smallest absolute Gasteiger partial charge is 0.407 e. The number of rotatable bonds is 24. The maximum Gasteiger partial charge on any atom is 0.407 e. The Hall–Kier alpha value is -6.38. The van der Waals surface area contributed by atoms with Gasteiger partial charge in [0, 0.05) is 73.8 Å². The number of hydrogen-bond donors (Lipinski definition) is 3. The largest absolute Gasteiger partial charge is 0.462 e. The predicted octanol–water partition coefficient (Wildman–Crippen LogP) is 9.08. The van der Waals surface area contributed by atoms with E-state index in [0.29, 0.717) is 81.5 Å². The van der Waals surface area contributed by atoms with Crippen LogP contribution in [0.3, 0.4) is 0 Å². The van der Waals surface area contributed by atoms with Crippen molar-refractivity contribution in [2.75, 3.05) is 44.9 Å². The van der Waals surface area contributed by atoms with Crippen LogP contribution in [0.25, 0.3) is 22.4 Å². The summed E-state index contributed by atoms with van der Waals surface area (Å²) >= 11 is 0. The fourth-order valence-electron chi connectivity index (χ4n) is 10.1. The van der Waals surface area contributed by atoms with Gasteiger partial charge in [0.1, 0.15) is 36.1 Å². The molecule has 3 N–H and O–H groups in total. The van der Waals surface area contributed by atoms with Crippen LogP contribution in [0, 0.1) is 34.3 Å². The average Bonchev–Trinajstić information content (AvgIpc) is 3.58. The zero-order chi connectivity index (χ0) is 60.2. The highest BCUT2D eigenvalue weighted by Crippen LogP contribution is 2.46. The van der Waals surface area contributed by atoms with Crippen molar-refractivity contribution in [3.05, 3.63) is 89.8 Å². The Bertz CT molecular complexity index is 2840. The van der Waals surface area contributed by atoms with Crippen molar-refractivity contribution in [2.24, 2.45) is 22.7 Å². The molecular formula is C56H68F10N8O8. The highest BCUT2D eigenvalue weighted by Gasteiger charge is 2.57. The van der Waals surface area contributed by atoms with Gasteiger partial charge in [0.05, 0.1) is 61.3 Å². The van der Waals surface area contributed by atoms with Gasteiger partial charge in [-0.05, 0) is 94.3 Å². The van der Waals surface area contributed by atoms with Crippen LogP contribution >= 0.6 is 0 Å². The van der Waals surface area contributed by atoms with E-state index in [9.17, 15) is 59.4 Å². The molecule has 3 fully saturated rings. The number of Topliss-reactive ketones (excluding diaryl/α,β-unsaturated/α-hetero) is 1. The van der Waals surface area contributed by atoms with Crippen molar-refractivity contribution in [3.8, 4) is 22.4 Å². The molecule has 2 aliphatic heterocycles. The molecule has 6 atom stereocenters. The monoisotopic (exact) mass is 1170 g/mol. The summed E-state index contributed by atoms with van der Waals surface area (Å²) in [5.74, 6) is -9.60. The molecule has 2 aromatic heterocycles. The number of anilines is 1. The molecule has 26 heteroatoms. The number of hydrogen-bond acceptors (Lipinski definition) is 13. The number of nitrogens with one attached hydrogen (secondary N) is 2. The molecule has 2 saturated heterocycles. The summed E-state index contributed by atoms with van der Waals surface area (Å²) in [6.45, 7) is 6.95. The number of hydrazine groups is 1. The van der Waals surface area contributed by atoms with Gasteiger partial charge in [0.15, 0.2) is 5.78 Å². The second-order valence-electron chi connectivity index (χ2n) is 22.6. The molecule has 4 aromatic rings. The summed E-state index contributed by atoms with van der Waals surface area (Å²) in [6.07, 6.45) is -15.8. The SMILES string of the molecule is COC(=O)N[C@H](C(=O)C[C@@H](Cc1ccc(-c2ccc(N3C[C@@H](C)N(C4COC4)C[C@H]3C)nc2)cc1)[C@@H](O)CN(Cc1c(F)cc(-c2ccn(CC(F)F)n2)cc1F)NC(=O)[C@@H](CC(=O)OC1CC1)C(C)(C)C(F)(F)F)C(C)(C)C(F)(F)F. The lowest BCUT2D eigenvalue weighted by molar-refractivity contribution is -0.231. The number of alkyl halides is 8. The van der Waals surface area contributed by atoms with Gasteiger partial charge in [-0.15, -0.1) is 0 Å². The van der Waals surface area contributed by atoms with Crippen molar-refractivity contribution < 1.29 is 82.4 Å². The molecule has 82 heavy (non-hydrogen) atoms. The molecule has 0 radical (unpaired) electrons. The van der Waals surface area contributed by atoms with Crippen LogP contribution in [0.5, 0.6) is 0 Å². The number of carbonyl (C=O) groups is 4. The molecule has 2 aromatic carbocycles.